The van der Waals surface area contributed by atoms with E-state index in [-0.39, 0.29) is 36.4 Å². The zero-order valence-corrected chi connectivity index (χ0v) is 16.6. The van der Waals surface area contributed by atoms with Crippen LogP contribution in [0.2, 0.25) is 0 Å². The highest BCUT2D eigenvalue weighted by Crippen LogP contribution is 2.16. The summed E-state index contributed by atoms with van der Waals surface area (Å²) in [6.45, 7) is 5.90. The minimum absolute atomic E-state index is 0. The van der Waals surface area contributed by atoms with Gasteiger partial charge in [-0.1, -0.05) is 0 Å². The van der Waals surface area contributed by atoms with Crippen LogP contribution in [-0.4, -0.2) is 56.7 Å². The lowest BCUT2D eigenvalue weighted by atomic mass is 10.1. The first-order valence-corrected chi connectivity index (χ1v) is 8.04. The summed E-state index contributed by atoms with van der Waals surface area (Å²) in [7, 11) is 1.73. The highest BCUT2D eigenvalue weighted by Gasteiger charge is 2.24. The van der Waals surface area contributed by atoms with Crippen LogP contribution >= 0.6 is 24.0 Å². The third-order valence-corrected chi connectivity index (χ3v) is 3.73. The van der Waals surface area contributed by atoms with Gasteiger partial charge in [-0.25, -0.2) is 4.99 Å². The van der Waals surface area contributed by atoms with Crippen LogP contribution in [0.25, 0.3) is 0 Å². The maximum Gasteiger partial charge on any atom is 0.242 e. The molecule has 1 aromatic heterocycles. The molecule has 0 bridgehead atoms. The van der Waals surface area contributed by atoms with Crippen molar-refractivity contribution in [3.8, 4) is 0 Å². The van der Waals surface area contributed by atoms with Gasteiger partial charge >= 0.3 is 0 Å². The van der Waals surface area contributed by atoms with Crippen LogP contribution in [0.1, 0.15) is 19.1 Å². The Morgan fingerprint density at radius 2 is 2.33 bits per heavy atom. The molecule has 0 radical (unpaired) electrons. The highest BCUT2D eigenvalue weighted by molar-refractivity contribution is 14.0. The molecule has 1 unspecified atom stereocenters. The molecular weight excluding hydrogens is 423 g/mol. The summed E-state index contributed by atoms with van der Waals surface area (Å²) in [6, 6.07) is 3.63. The SMILES string of the molecule is CCNC(=NCC(=O)NCc1ccco1)N1CCC(COC)C1.I. The van der Waals surface area contributed by atoms with Crippen LogP contribution < -0.4 is 10.6 Å². The number of nitrogens with zero attached hydrogens (tertiary/aromatic N) is 2. The minimum atomic E-state index is -0.121. The highest BCUT2D eigenvalue weighted by atomic mass is 127. The van der Waals surface area contributed by atoms with Gasteiger partial charge in [-0.3, -0.25) is 4.79 Å². The van der Waals surface area contributed by atoms with Gasteiger partial charge in [0, 0.05) is 32.7 Å². The number of carbonyl (C=O) groups is 1. The van der Waals surface area contributed by atoms with E-state index in [4.69, 9.17) is 9.15 Å². The molecule has 2 rings (SSSR count). The van der Waals surface area contributed by atoms with E-state index < -0.39 is 0 Å². The molecule has 0 aromatic carbocycles. The Hall–Kier alpha value is -1.29. The van der Waals surface area contributed by atoms with E-state index in [9.17, 15) is 4.79 Å². The van der Waals surface area contributed by atoms with Gasteiger partial charge in [0.15, 0.2) is 5.96 Å². The van der Waals surface area contributed by atoms with E-state index in [1.165, 1.54) is 0 Å². The number of halogens is 1. The first kappa shape index (κ1) is 20.8. The molecule has 24 heavy (non-hydrogen) atoms. The zero-order chi connectivity index (χ0) is 16.5. The maximum absolute atomic E-state index is 11.9. The second kappa shape index (κ2) is 11.3. The van der Waals surface area contributed by atoms with Crippen LogP contribution in [0.3, 0.4) is 0 Å². The van der Waals surface area contributed by atoms with E-state index >= 15 is 0 Å². The van der Waals surface area contributed by atoms with Gasteiger partial charge in [-0.05, 0) is 25.5 Å². The number of carbonyl (C=O) groups excluding carboxylic acids is 1. The molecule has 1 fully saturated rings. The van der Waals surface area contributed by atoms with Gasteiger partial charge in [-0.2, -0.15) is 0 Å². The van der Waals surface area contributed by atoms with E-state index in [2.05, 4.69) is 20.5 Å². The van der Waals surface area contributed by atoms with Crippen molar-refractivity contribution < 1.29 is 13.9 Å². The summed E-state index contributed by atoms with van der Waals surface area (Å²) in [5.74, 6) is 1.93. The molecule has 0 saturated carbocycles. The summed E-state index contributed by atoms with van der Waals surface area (Å²) in [5.41, 5.74) is 0. The Kier molecular flexibility index (Phi) is 9.77. The van der Waals surface area contributed by atoms with Gasteiger partial charge in [-0.15, -0.1) is 24.0 Å². The third kappa shape index (κ3) is 6.68. The molecule has 1 saturated heterocycles. The molecule has 0 spiro atoms. The predicted molar refractivity (Wildman–Crippen MR) is 104 cm³/mol. The maximum atomic E-state index is 11.9. The Morgan fingerprint density at radius 1 is 1.50 bits per heavy atom. The van der Waals surface area contributed by atoms with E-state index in [1.807, 2.05) is 13.0 Å². The van der Waals surface area contributed by atoms with Gasteiger partial charge in [0.25, 0.3) is 0 Å². The number of amides is 1. The number of methoxy groups -OCH3 is 1. The average Bonchev–Trinajstić information content (AvgIpc) is 3.21. The lowest BCUT2D eigenvalue weighted by Crippen LogP contribution is -2.41. The van der Waals surface area contributed by atoms with Gasteiger partial charge < -0.3 is 24.7 Å². The zero-order valence-electron chi connectivity index (χ0n) is 14.3. The molecule has 1 aliphatic rings. The molecule has 2 heterocycles. The number of ether oxygens (including phenoxy) is 1. The van der Waals surface area contributed by atoms with Crippen molar-refractivity contribution >= 4 is 35.8 Å². The van der Waals surface area contributed by atoms with Crippen LogP contribution in [0.4, 0.5) is 0 Å². The molecular formula is C16H27IN4O3. The number of rotatable bonds is 7. The summed E-state index contributed by atoms with van der Waals surface area (Å²) in [5, 5.41) is 6.04. The fraction of sp³-hybridized carbons (Fsp3) is 0.625. The van der Waals surface area contributed by atoms with Crippen molar-refractivity contribution in [2.45, 2.75) is 19.9 Å². The molecule has 1 amide bonds. The first-order chi connectivity index (χ1) is 11.2. The number of nitrogens with one attached hydrogen (secondary N) is 2. The summed E-state index contributed by atoms with van der Waals surface area (Å²) in [4.78, 5) is 18.5. The molecule has 2 N–H and O–H groups in total. The Morgan fingerprint density at radius 3 is 3.00 bits per heavy atom. The number of aliphatic imine (C=N–C) groups is 1. The first-order valence-electron chi connectivity index (χ1n) is 8.04. The number of guanidine groups is 1. The largest absolute Gasteiger partial charge is 0.467 e. The van der Waals surface area contributed by atoms with E-state index in [0.717, 1.165) is 44.4 Å². The molecule has 136 valence electrons. The monoisotopic (exact) mass is 450 g/mol. The lowest BCUT2D eigenvalue weighted by Gasteiger charge is -2.21. The Labute approximate surface area is 160 Å². The molecule has 1 aromatic rings. The second-order valence-electron chi connectivity index (χ2n) is 5.58. The van der Waals surface area contributed by atoms with Crippen molar-refractivity contribution in [3.63, 3.8) is 0 Å². The van der Waals surface area contributed by atoms with Crippen molar-refractivity contribution in [1.29, 1.82) is 0 Å². The predicted octanol–water partition coefficient (Wildman–Crippen LogP) is 1.45. The summed E-state index contributed by atoms with van der Waals surface area (Å²) >= 11 is 0. The van der Waals surface area contributed by atoms with E-state index in [1.54, 1.807) is 19.4 Å². The summed E-state index contributed by atoms with van der Waals surface area (Å²) in [6.07, 6.45) is 2.68. The fourth-order valence-electron chi connectivity index (χ4n) is 2.62. The normalized spacial score (nSPS) is 17.5. The Balaban J connectivity index is 0.00000288. The standard InChI is InChI=1S/C16H26N4O3.HI/c1-3-17-16(20-7-6-13(11-20)12-22-2)19-10-15(21)18-9-14-5-4-8-23-14;/h4-5,8,13H,3,6-7,9-12H2,1-2H3,(H,17,19)(H,18,21);1H. The second-order valence-corrected chi connectivity index (χ2v) is 5.58. The molecule has 1 aliphatic heterocycles. The number of furan rings is 1. The van der Waals surface area contributed by atoms with Gasteiger partial charge in [0.1, 0.15) is 12.3 Å². The van der Waals surface area contributed by atoms with E-state index in [0.29, 0.717) is 12.5 Å². The van der Waals surface area contributed by atoms with Crippen molar-refractivity contribution in [1.82, 2.24) is 15.5 Å². The third-order valence-electron chi connectivity index (χ3n) is 3.73. The minimum Gasteiger partial charge on any atom is -0.467 e. The van der Waals surface area contributed by atoms with Crippen LogP contribution in [0, 0.1) is 5.92 Å². The molecule has 8 heteroatoms. The van der Waals surface area contributed by atoms with Crippen LogP contribution in [0.15, 0.2) is 27.8 Å². The van der Waals surface area contributed by atoms with Crippen molar-refractivity contribution in [3.05, 3.63) is 24.2 Å². The number of likely N-dealkylation sites (tertiary alicyclic amines) is 1. The topological polar surface area (TPSA) is 79.1 Å². The molecule has 0 aliphatic carbocycles. The van der Waals surface area contributed by atoms with Crippen LogP contribution in [0.5, 0.6) is 0 Å². The van der Waals surface area contributed by atoms with Crippen LogP contribution in [-0.2, 0) is 16.1 Å². The summed E-state index contributed by atoms with van der Waals surface area (Å²) < 4.78 is 10.4. The molecule has 1 atom stereocenters. The number of hydrogen-bond acceptors (Lipinski definition) is 4. The Bertz CT molecular complexity index is 507. The fourth-order valence-corrected chi connectivity index (χ4v) is 2.62. The smallest absolute Gasteiger partial charge is 0.242 e. The quantitative estimate of drug-likeness (QED) is 0.374. The van der Waals surface area contributed by atoms with Gasteiger partial charge in [0.05, 0.1) is 19.4 Å². The van der Waals surface area contributed by atoms with Crippen molar-refractivity contribution in [2.24, 2.45) is 10.9 Å². The lowest BCUT2D eigenvalue weighted by molar-refractivity contribution is -0.119. The van der Waals surface area contributed by atoms with Crippen molar-refractivity contribution in [2.75, 3.05) is 39.9 Å². The molecule has 7 nitrogen and oxygen atoms in total. The number of hydrogen-bond donors (Lipinski definition) is 2. The van der Waals surface area contributed by atoms with Gasteiger partial charge in [0.2, 0.25) is 5.91 Å². The average molecular weight is 450 g/mol.